The van der Waals surface area contributed by atoms with Crippen LogP contribution in [0.4, 0.5) is 0 Å². The average molecular weight is 357 g/mol. The monoisotopic (exact) mass is 357 g/mol. The van der Waals surface area contributed by atoms with Gasteiger partial charge in [0.25, 0.3) is 0 Å². The number of hydrogen-bond acceptors (Lipinski definition) is 6. The van der Waals surface area contributed by atoms with Crippen LogP contribution in [0.3, 0.4) is 0 Å². The van der Waals surface area contributed by atoms with Crippen molar-refractivity contribution in [1.82, 2.24) is 4.98 Å². The van der Waals surface area contributed by atoms with E-state index in [-0.39, 0.29) is 17.9 Å². The summed E-state index contributed by atoms with van der Waals surface area (Å²) < 4.78 is 16.6. The van der Waals surface area contributed by atoms with Crippen molar-refractivity contribution < 1.29 is 24.1 Å². The molecule has 0 fully saturated rings. The number of ether oxygens (including phenoxy) is 3. The minimum Gasteiger partial charge on any atom is -0.507 e. The topological polar surface area (TPSA) is 77.9 Å². The van der Waals surface area contributed by atoms with Crippen LogP contribution in [0.25, 0.3) is 5.57 Å². The Morgan fingerprint density at radius 3 is 2.77 bits per heavy atom. The molecule has 138 valence electrons. The molecular formula is C20H23NO5. The van der Waals surface area contributed by atoms with Crippen LogP contribution in [0.2, 0.25) is 0 Å². The molecule has 6 nitrogen and oxygen atoms in total. The maximum Gasteiger partial charge on any atom is 0.220 e. The zero-order chi connectivity index (χ0) is 18.9. The van der Waals surface area contributed by atoms with Crippen LogP contribution in [0.15, 0.2) is 42.1 Å². The second-order valence-corrected chi connectivity index (χ2v) is 5.23. The molecule has 0 aliphatic carbocycles. The summed E-state index contributed by atoms with van der Waals surface area (Å²) in [5.41, 5.74) is 2.91. The predicted octanol–water partition coefficient (Wildman–Crippen LogP) is 3.50. The first kappa shape index (κ1) is 19.5. The van der Waals surface area contributed by atoms with Gasteiger partial charge >= 0.3 is 0 Å². The summed E-state index contributed by atoms with van der Waals surface area (Å²) in [6, 6.07) is 8.47. The minimum atomic E-state index is -0.103. The fraction of sp³-hybridized carbons (Fsp3) is 0.300. The van der Waals surface area contributed by atoms with Gasteiger partial charge in [0.2, 0.25) is 5.88 Å². The summed E-state index contributed by atoms with van der Waals surface area (Å²) in [4.78, 5) is 15.3. The number of carbonyl (C=O) groups excluding carboxylic acids is 1. The molecule has 2 heterocycles. The number of phenols is 1. The van der Waals surface area contributed by atoms with Crippen molar-refractivity contribution in [2.45, 2.75) is 13.8 Å². The summed E-state index contributed by atoms with van der Waals surface area (Å²) in [5.74, 6) is 0.761. The number of aromatic nitrogens is 1. The molecule has 0 amide bonds. The predicted molar refractivity (Wildman–Crippen MR) is 98.9 cm³/mol. The maximum atomic E-state index is 11.1. The van der Waals surface area contributed by atoms with E-state index in [0.29, 0.717) is 31.1 Å². The highest BCUT2D eigenvalue weighted by Crippen LogP contribution is 2.31. The van der Waals surface area contributed by atoms with Crippen molar-refractivity contribution in [3.05, 3.63) is 53.2 Å². The van der Waals surface area contributed by atoms with E-state index in [9.17, 15) is 9.90 Å². The molecular weight excluding hydrogens is 334 g/mol. The summed E-state index contributed by atoms with van der Waals surface area (Å²) in [5, 5.41) is 9.71. The van der Waals surface area contributed by atoms with Gasteiger partial charge in [-0.1, -0.05) is 19.9 Å². The van der Waals surface area contributed by atoms with Gasteiger partial charge in [0.15, 0.2) is 6.29 Å². The molecule has 0 saturated heterocycles. The highest BCUT2D eigenvalue weighted by molar-refractivity contribution is 5.83. The van der Waals surface area contributed by atoms with Crippen molar-refractivity contribution in [1.29, 1.82) is 0 Å². The largest absolute Gasteiger partial charge is 0.507 e. The molecule has 0 atom stereocenters. The lowest BCUT2D eigenvalue weighted by atomic mass is 10.0. The van der Waals surface area contributed by atoms with E-state index >= 15 is 0 Å². The van der Waals surface area contributed by atoms with Gasteiger partial charge in [-0.3, -0.25) is 4.79 Å². The van der Waals surface area contributed by atoms with E-state index in [1.807, 2.05) is 26.0 Å². The van der Waals surface area contributed by atoms with Gasteiger partial charge in [0, 0.05) is 11.8 Å². The zero-order valence-corrected chi connectivity index (χ0v) is 15.2. The lowest BCUT2D eigenvalue weighted by molar-refractivity contribution is 0.111. The normalized spacial score (nSPS) is 13.0. The fourth-order valence-corrected chi connectivity index (χ4v) is 2.59. The number of methoxy groups -OCH3 is 1. The summed E-state index contributed by atoms with van der Waals surface area (Å²) in [6.07, 6.45) is 2.24. The van der Waals surface area contributed by atoms with Crippen LogP contribution in [0, 0.1) is 0 Å². The lowest BCUT2D eigenvalue weighted by Gasteiger charge is -2.12. The average Bonchev–Trinajstić information content (AvgIpc) is 3.16. The third kappa shape index (κ3) is 4.21. The fourth-order valence-electron chi connectivity index (χ4n) is 2.59. The second-order valence-electron chi connectivity index (χ2n) is 5.23. The number of nitrogens with zero attached hydrogens (tertiary/aromatic N) is 1. The standard InChI is InChI=1S/C18H17NO5.C2H6/c1-22-18-13(4-3-7-19-18)15-11-23-9-12(15)10-24-17-6-2-5-16(21)14(17)8-20;1-2/h2-8,21H,9-11H2,1H3;1-2H3. The molecule has 1 N–H and O–H groups in total. The summed E-state index contributed by atoms with van der Waals surface area (Å²) >= 11 is 0. The van der Waals surface area contributed by atoms with Crippen LogP contribution >= 0.6 is 0 Å². The van der Waals surface area contributed by atoms with E-state index in [1.54, 1.807) is 25.4 Å². The Bertz CT molecular complexity index is 786. The molecule has 6 heteroatoms. The first-order chi connectivity index (χ1) is 12.7. The molecule has 0 radical (unpaired) electrons. The van der Waals surface area contributed by atoms with E-state index < -0.39 is 0 Å². The van der Waals surface area contributed by atoms with Crippen molar-refractivity contribution in [2.75, 3.05) is 26.9 Å². The first-order valence-electron chi connectivity index (χ1n) is 8.42. The molecule has 0 saturated carbocycles. The van der Waals surface area contributed by atoms with Gasteiger partial charge in [-0.05, 0) is 35.4 Å². The summed E-state index contributed by atoms with van der Waals surface area (Å²) in [7, 11) is 1.57. The number of aldehydes is 1. The zero-order valence-electron chi connectivity index (χ0n) is 15.2. The maximum absolute atomic E-state index is 11.1. The van der Waals surface area contributed by atoms with Crippen LogP contribution in [0.1, 0.15) is 29.8 Å². The van der Waals surface area contributed by atoms with Crippen molar-refractivity contribution >= 4 is 11.9 Å². The Morgan fingerprint density at radius 2 is 2.04 bits per heavy atom. The van der Waals surface area contributed by atoms with Crippen LogP contribution < -0.4 is 9.47 Å². The molecule has 0 spiro atoms. The minimum absolute atomic E-state index is 0.103. The van der Waals surface area contributed by atoms with Crippen molar-refractivity contribution in [3.63, 3.8) is 0 Å². The number of phenolic OH excluding ortho intramolecular Hbond substituents is 1. The quantitative estimate of drug-likeness (QED) is 0.797. The molecule has 1 aliphatic rings. The van der Waals surface area contributed by atoms with Gasteiger partial charge < -0.3 is 19.3 Å². The first-order valence-corrected chi connectivity index (χ1v) is 8.42. The van der Waals surface area contributed by atoms with Crippen LogP contribution in [0.5, 0.6) is 17.4 Å². The number of hydrogen-bond donors (Lipinski definition) is 1. The Balaban J connectivity index is 0.00000117. The molecule has 0 bridgehead atoms. The second kappa shape index (κ2) is 9.58. The van der Waals surface area contributed by atoms with Gasteiger partial charge in [0.05, 0.1) is 25.9 Å². The third-order valence-corrected chi connectivity index (χ3v) is 3.80. The Morgan fingerprint density at radius 1 is 1.23 bits per heavy atom. The number of carbonyl (C=O) groups is 1. The van der Waals surface area contributed by atoms with Gasteiger partial charge in [0.1, 0.15) is 18.1 Å². The van der Waals surface area contributed by atoms with Crippen LogP contribution in [-0.4, -0.2) is 43.3 Å². The van der Waals surface area contributed by atoms with E-state index in [0.717, 1.165) is 16.7 Å². The highest BCUT2D eigenvalue weighted by Gasteiger charge is 2.21. The number of rotatable bonds is 6. The van der Waals surface area contributed by atoms with Crippen LogP contribution in [-0.2, 0) is 4.74 Å². The number of benzene rings is 1. The van der Waals surface area contributed by atoms with E-state index in [1.165, 1.54) is 6.07 Å². The number of aromatic hydroxyl groups is 1. The Labute approximate surface area is 153 Å². The molecule has 3 rings (SSSR count). The van der Waals surface area contributed by atoms with Gasteiger partial charge in [-0.15, -0.1) is 0 Å². The molecule has 1 aromatic heterocycles. The molecule has 26 heavy (non-hydrogen) atoms. The molecule has 2 aromatic rings. The van der Waals surface area contributed by atoms with Gasteiger partial charge in [-0.2, -0.15) is 0 Å². The van der Waals surface area contributed by atoms with Crippen molar-refractivity contribution in [2.24, 2.45) is 0 Å². The third-order valence-electron chi connectivity index (χ3n) is 3.80. The SMILES string of the molecule is CC.COc1ncccc1C1=C(COc2cccc(O)c2C=O)COC1. The summed E-state index contributed by atoms with van der Waals surface area (Å²) in [6.45, 7) is 5.13. The van der Waals surface area contributed by atoms with E-state index in [2.05, 4.69) is 4.98 Å². The lowest BCUT2D eigenvalue weighted by Crippen LogP contribution is -2.06. The van der Waals surface area contributed by atoms with Crippen molar-refractivity contribution in [3.8, 4) is 17.4 Å². The molecule has 1 aliphatic heterocycles. The smallest absolute Gasteiger partial charge is 0.220 e. The molecule has 0 unspecified atom stereocenters. The van der Waals surface area contributed by atoms with Gasteiger partial charge in [-0.25, -0.2) is 4.98 Å². The highest BCUT2D eigenvalue weighted by atomic mass is 16.5. The van der Waals surface area contributed by atoms with E-state index in [4.69, 9.17) is 14.2 Å². The molecule has 1 aromatic carbocycles. The Kier molecular flexibility index (Phi) is 7.17. The Hall–Kier alpha value is -2.86. The number of pyridine rings is 1.